The zero-order valence-electron chi connectivity index (χ0n) is 10.8. The van der Waals surface area contributed by atoms with E-state index in [1.54, 1.807) is 6.20 Å². The van der Waals surface area contributed by atoms with Crippen LogP contribution in [-0.4, -0.2) is 33.2 Å². The van der Waals surface area contributed by atoms with Gasteiger partial charge >= 0.3 is 5.97 Å². The maximum Gasteiger partial charge on any atom is 0.344 e. The van der Waals surface area contributed by atoms with Crippen molar-refractivity contribution in [3.05, 3.63) is 11.8 Å². The quantitative estimate of drug-likeness (QED) is 0.855. The molecule has 1 aliphatic carbocycles. The Hall–Kier alpha value is -1.85. The molecule has 2 heterocycles. The predicted octanol–water partition coefficient (Wildman–Crippen LogP) is 1.47. The van der Waals surface area contributed by atoms with Gasteiger partial charge in [0.2, 0.25) is 11.8 Å². The first kappa shape index (κ1) is 12.2. The number of hydrogen-bond acceptors (Lipinski definition) is 5. The Kier molecular flexibility index (Phi) is 3.00. The summed E-state index contributed by atoms with van der Waals surface area (Å²) < 4.78 is 5.40. The van der Waals surface area contributed by atoms with Gasteiger partial charge in [-0.3, -0.25) is 0 Å². The van der Waals surface area contributed by atoms with Gasteiger partial charge in [0.15, 0.2) is 6.10 Å². The van der Waals surface area contributed by atoms with Crippen molar-refractivity contribution in [2.45, 2.75) is 44.8 Å². The molecule has 1 aromatic rings. The van der Waals surface area contributed by atoms with Crippen LogP contribution in [0.25, 0.3) is 0 Å². The molecule has 1 aromatic heterocycles. The van der Waals surface area contributed by atoms with Gasteiger partial charge in [0, 0.05) is 17.8 Å². The van der Waals surface area contributed by atoms with Crippen LogP contribution in [0.4, 0.5) is 5.95 Å². The molecule has 0 amide bonds. The summed E-state index contributed by atoms with van der Waals surface area (Å²) in [7, 11) is 0. The molecule has 1 fully saturated rings. The molecule has 0 aromatic carbocycles. The van der Waals surface area contributed by atoms with Crippen LogP contribution in [0, 0.1) is 5.92 Å². The number of carbonyl (C=O) groups is 1. The summed E-state index contributed by atoms with van der Waals surface area (Å²) in [6.45, 7) is 2.11. The van der Waals surface area contributed by atoms with Gasteiger partial charge in [0.25, 0.3) is 0 Å². The zero-order chi connectivity index (χ0) is 13.4. The first-order valence-corrected chi connectivity index (χ1v) is 6.65. The zero-order valence-corrected chi connectivity index (χ0v) is 10.8. The van der Waals surface area contributed by atoms with E-state index in [-0.39, 0.29) is 0 Å². The number of nitrogens with one attached hydrogen (secondary N) is 1. The Morgan fingerprint density at radius 1 is 1.53 bits per heavy atom. The number of aromatic nitrogens is 2. The van der Waals surface area contributed by atoms with E-state index >= 15 is 0 Å². The highest BCUT2D eigenvalue weighted by molar-refractivity contribution is 5.73. The first-order chi connectivity index (χ1) is 9.13. The average molecular weight is 263 g/mol. The molecule has 3 rings (SSSR count). The highest BCUT2D eigenvalue weighted by atomic mass is 16.5. The van der Waals surface area contributed by atoms with E-state index in [0.29, 0.717) is 36.6 Å². The second kappa shape index (κ2) is 4.68. The number of nitrogens with zero attached hydrogens (tertiary/aromatic N) is 2. The van der Waals surface area contributed by atoms with Crippen LogP contribution in [-0.2, 0) is 11.2 Å². The van der Waals surface area contributed by atoms with Gasteiger partial charge in [0.05, 0.1) is 0 Å². The van der Waals surface area contributed by atoms with Gasteiger partial charge in [-0.1, -0.05) is 0 Å². The van der Waals surface area contributed by atoms with Crippen molar-refractivity contribution in [2.24, 2.45) is 5.92 Å². The van der Waals surface area contributed by atoms with Crippen LogP contribution in [0.5, 0.6) is 5.88 Å². The van der Waals surface area contributed by atoms with Gasteiger partial charge < -0.3 is 15.2 Å². The second-order valence-electron chi connectivity index (χ2n) is 5.28. The molecule has 6 heteroatoms. The molecule has 1 saturated carbocycles. The predicted molar refractivity (Wildman–Crippen MR) is 68.2 cm³/mol. The van der Waals surface area contributed by atoms with Crippen LogP contribution < -0.4 is 10.1 Å². The summed E-state index contributed by atoms with van der Waals surface area (Å²) in [5.41, 5.74) is 0.877. The molecular formula is C13H17N3O3. The van der Waals surface area contributed by atoms with Gasteiger partial charge in [-0.2, -0.15) is 4.98 Å². The minimum Gasteiger partial charge on any atom is -0.479 e. The fraction of sp³-hybridized carbons (Fsp3) is 0.615. The van der Waals surface area contributed by atoms with E-state index in [4.69, 9.17) is 9.84 Å². The lowest BCUT2D eigenvalue weighted by molar-refractivity contribution is -0.146. The van der Waals surface area contributed by atoms with Crippen molar-refractivity contribution >= 4 is 11.9 Å². The van der Waals surface area contributed by atoms with Crippen LogP contribution in [0.1, 0.15) is 31.7 Å². The number of ether oxygens (including phenoxy) is 1. The second-order valence-corrected chi connectivity index (χ2v) is 5.28. The molecule has 1 aliphatic heterocycles. The van der Waals surface area contributed by atoms with Crippen LogP contribution in [0.15, 0.2) is 6.20 Å². The topological polar surface area (TPSA) is 84.3 Å². The summed E-state index contributed by atoms with van der Waals surface area (Å²) in [4.78, 5) is 19.5. The Bertz CT molecular complexity index is 502. The standard InChI is InChI=1S/C13H17N3O3/c1-7(8-2-3-8)15-13-14-6-9-4-5-10(12(17)18)19-11(9)16-13/h6-8,10H,2-5H2,1H3,(H,17,18)(H,14,15,16)/t7-,10-/m1/s1. The molecule has 2 atom stereocenters. The number of carboxylic acids is 1. The maximum atomic E-state index is 10.9. The number of anilines is 1. The fourth-order valence-corrected chi connectivity index (χ4v) is 2.31. The number of rotatable bonds is 4. The van der Waals surface area contributed by atoms with Crippen molar-refractivity contribution in [2.75, 3.05) is 5.32 Å². The molecular weight excluding hydrogens is 246 g/mol. The lowest BCUT2D eigenvalue weighted by Gasteiger charge is -2.22. The lowest BCUT2D eigenvalue weighted by Crippen LogP contribution is -2.31. The van der Waals surface area contributed by atoms with Crippen molar-refractivity contribution in [1.82, 2.24) is 9.97 Å². The SMILES string of the molecule is C[C@@H](Nc1ncc2c(n1)O[C@@H](C(=O)O)CC2)C1CC1. The van der Waals surface area contributed by atoms with E-state index in [0.717, 1.165) is 5.56 Å². The largest absolute Gasteiger partial charge is 0.479 e. The van der Waals surface area contributed by atoms with Crippen molar-refractivity contribution in [1.29, 1.82) is 0 Å². The van der Waals surface area contributed by atoms with E-state index in [9.17, 15) is 4.79 Å². The Labute approximate surface area is 111 Å². The number of aliphatic carboxylic acids is 1. The highest BCUT2D eigenvalue weighted by Gasteiger charge is 2.30. The van der Waals surface area contributed by atoms with Gasteiger partial charge in [-0.25, -0.2) is 9.78 Å². The third kappa shape index (κ3) is 2.62. The smallest absolute Gasteiger partial charge is 0.344 e. The molecule has 0 saturated heterocycles. The number of hydrogen-bond donors (Lipinski definition) is 2. The van der Waals surface area contributed by atoms with Gasteiger partial charge in [-0.05, 0) is 38.5 Å². The summed E-state index contributed by atoms with van der Waals surface area (Å²) in [6, 6.07) is 0.344. The summed E-state index contributed by atoms with van der Waals surface area (Å²) >= 11 is 0. The van der Waals surface area contributed by atoms with E-state index in [1.165, 1.54) is 12.8 Å². The molecule has 0 bridgehead atoms. The van der Waals surface area contributed by atoms with E-state index in [2.05, 4.69) is 22.2 Å². The molecule has 102 valence electrons. The van der Waals surface area contributed by atoms with Gasteiger partial charge in [0.1, 0.15) is 0 Å². The van der Waals surface area contributed by atoms with E-state index in [1.807, 2.05) is 0 Å². The Balaban J connectivity index is 1.74. The van der Waals surface area contributed by atoms with Crippen molar-refractivity contribution in [3.63, 3.8) is 0 Å². The first-order valence-electron chi connectivity index (χ1n) is 6.65. The molecule has 2 N–H and O–H groups in total. The highest BCUT2D eigenvalue weighted by Crippen LogP contribution is 2.34. The Morgan fingerprint density at radius 2 is 2.32 bits per heavy atom. The monoisotopic (exact) mass is 263 g/mol. The molecule has 0 spiro atoms. The van der Waals surface area contributed by atoms with Crippen LogP contribution in [0.2, 0.25) is 0 Å². The molecule has 2 aliphatic rings. The van der Waals surface area contributed by atoms with E-state index < -0.39 is 12.1 Å². The minimum atomic E-state index is -0.940. The van der Waals surface area contributed by atoms with Crippen molar-refractivity contribution in [3.8, 4) is 5.88 Å². The van der Waals surface area contributed by atoms with Crippen LogP contribution >= 0.6 is 0 Å². The normalized spacial score (nSPS) is 23.1. The number of fused-ring (bicyclic) bond motifs is 1. The van der Waals surface area contributed by atoms with Gasteiger partial charge in [-0.15, -0.1) is 0 Å². The Morgan fingerprint density at radius 3 is 3.00 bits per heavy atom. The minimum absolute atomic E-state index is 0.344. The molecule has 0 radical (unpaired) electrons. The number of carboxylic acid groups (broad SMARTS) is 1. The third-order valence-corrected chi connectivity index (χ3v) is 3.72. The lowest BCUT2D eigenvalue weighted by atomic mass is 10.1. The summed E-state index contributed by atoms with van der Waals surface area (Å²) in [5.74, 6) is 0.681. The summed E-state index contributed by atoms with van der Waals surface area (Å²) in [5, 5.41) is 12.2. The third-order valence-electron chi connectivity index (χ3n) is 3.72. The number of aryl methyl sites for hydroxylation is 1. The fourth-order valence-electron chi connectivity index (χ4n) is 2.31. The van der Waals surface area contributed by atoms with Crippen molar-refractivity contribution < 1.29 is 14.6 Å². The molecule has 0 unspecified atom stereocenters. The molecule has 19 heavy (non-hydrogen) atoms. The maximum absolute atomic E-state index is 10.9. The summed E-state index contributed by atoms with van der Waals surface area (Å²) in [6.07, 6.45) is 4.54. The van der Waals surface area contributed by atoms with Crippen LogP contribution in [0.3, 0.4) is 0 Å². The average Bonchev–Trinajstić information content (AvgIpc) is 3.22. The molecule has 6 nitrogen and oxygen atoms in total.